The number of rotatable bonds is 10. The van der Waals surface area contributed by atoms with Crippen LogP contribution in [-0.4, -0.2) is 42.4 Å². The highest BCUT2D eigenvalue weighted by atomic mass is 32.2. The van der Waals surface area contributed by atoms with Gasteiger partial charge in [-0.05, 0) is 65.7 Å². The molecule has 0 spiro atoms. The average molecular weight is 442 g/mol. The van der Waals surface area contributed by atoms with Crippen molar-refractivity contribution in [3.63, 3.8) is 0 Å². The van der Waals surface area contributed by atoms with E-state index < -0.39 is 50.3 Å². The van der Waals surface area contributed by atoms with Crippen molar-refractivity contribution in [2.24, 2.45) is 10.8 Å². The van der Waals surface area contributed by atoms with Gasteiger partial charge in [-0.15, -0.1) is 0 Å². The van der Waals surface area contributed by atoms with E-state index in [1.54, 1.807) is 20.8 Å². The van der Waals surface area contributed by atoms with Gasteiger partial charge in [-0.3, -0.25) is 9.59 Å². The Kier molecular flexibility index (Phi) is 7.84. The van der Waals surface area contributed by atoms with Crippen molar-refractivity contribution in [2.75, 3.05) is 6.61 Å². The van der Waals surface area contributed by atoms with Crippen LogP contribution in [0.5, 0.6) is 0 Å². The van der Waals surface area contributed by atoms with Gasteiger partial charge in [0.15, 0.2) is 16.7 Å². The van der Waals surface area contributed by atoms with Gasteiger partial charge in [0.25, 0.3) is 0 Å². The first-order valence-corrected chi connectivity index (χ1v) is 11.2. The molecule has 0 heterocycles. The molecule has 0 N–H and O–H groups in total. The van der Waals surface area contributed by atoms with Crippen molar-refractivity contribution >= 4 is 22.1 Å². The maximum atomic E-state index is 13.3. The number of carbonyl (C=O) groups excluding carboxylic acids is 2. The molecule has 1 aliphatic rings. The fraction of sp³-hybridized carbons (Fsp3) is 0.895. The number of alkyl halides is 2. The Morgan fingerprint density at radius 1 is 1.07 bits per heavy atom. The molecule has 1 unspecified atom stereocenters. The monoisotopic (exact) mass is 441 g/mol. The van der Waals surface area contributed by atoms with E-state index >= 15 is 0 Å². The molecule has 0 saturated heterocycles. The predicted octanol–water partition coefficient (Wildman–Crippen LogP) is 3.77. The van der Waals surface area contributed by atoms with Crippen molar-refractivity contribution in [1.82, 2.24) is 0 Å². The normalized spacial score (nSPS) is 19.4. The molecule has 0 bridgehead atoms. The van der Waals surface area contributed by atoms with E-state index in [0.717, 1.165) is 25.7 Å². The van der Waals surface area contributed by atoms with Crippen molar-refractivity contribution in [1.29, 1.82) is 0 Å². The lowest BCUT2D eigenvalue weighted by molar-refractivity contribution is -0.176. The van der Waals surface area contributed by atoms with Gasteiger partial charge < -0.3 is 14.0 Å². The van der Waals surface area contributed by atoms with Crippen molar-refractivity contribution in [3.05, 3.63) is 0 Å². The van der Waals surface area contributed by atoms with Crippen LogP contribution in [0.4, 0.5) is 8.78 Å². The Hall–Kier alpha value is -1.29. The lowest BCUT2D eigenvalue weighted by Gasteiger charge is -2.37. The zero-order valence-corrected chi connectivity index (χ0v) is 18.5. The van der Waals surface area contributed by atoms with E-state index in [-0.39, 0.29) is 12.8 Å². The number of ether oxygens (including phenoxy) is 2. The van der Waals surface area contributed by atoms with Crippen molar-refractivity contribution < 1.29 is 40.8 Å². The molecule has 0 aromatic heterocycles. The van der Waals surface area contributed by atoms with Gasteiger partial charge in [0.2, 0.25) is 0 Å². The summed E-state index contributed by atoms with van der Waals surface area (Å²) in [6.07, 6.45) is 4.27. The SMILES string of the molecule is CCC1(OC(=O)C(C)(C)CC(C)(CC)C(=O)OCC(F)(F)S(=O)(=O)[O-])CCCC1. The molecule has 1 saturated carbocycles. The minimum absolute atomic E-state index is 0.0519. The largest absolute Gasteiger partial charge is 0.743 e. The van der Waals surface area contributed by atoms with Gasteiger partial charge in [0.05, 0.1) is 10.8 Å². The first-order valence-electron chi connectivity index (χ1n) is 9.78. The summed E-state index contributed by atoms with van der Waals surface area (Å²) >= 11 is 0. The van der Waals surface area contributed by atoms with E-state index in [1.807, 2.05) is 6.92 Å². The van der Waals surface area contributed by atoms with Crippen LogP contribution in [0.2, 0.25) is 0 Å². The Labute approximate surface area is 171 Å². The summed E-state index contributed by atoms with van der Waals surface area (Å²) in [5.41, 5.74) is -2.97. The second-order valence-corrected chi connectivity index (χ2v) is 10.3. The summed E-state index contributed by atoms with van der Waals surface area (Å²) in [5, 5.41) is -4.72. The number of carbonyl (C=O) groups is 2. The molecule has 170 valence electrons. The van der Waals surface area contributed by atoms with E-state index in [9.17, 15) is 31.3 Å². The minimum Gasteiger partial charge on any atom is -0.743 e. The molecule has 1 atom stereocenters. The van der Waals surface area contributed by atoms with Crippen molar-refractivity contribution in [2.45, 2.75) is 90.4 Å². The van der Waals surface area contributed by atoms with Crippen LogP contribution in [0.25, 0.3) is 0 Å². The Balaban J connectivity index is 2.89. The third-order valence-electron chi connectivity index (χ3n) is 5.86. The van der Waals surface area contributed by atoms with Gasteiger partial charge in [-0.1, -0.05) is 13.8 Å². The molecule has 1 aliphatic carbocycles. The van der Waals surface area contributed by atoms with E-state index in [4.69, 9.17) is 4.74 Å². The third-order valence-corrected chi connectivity index (χ3v) is 6.71. The van der Waals surface area contributed by atoms with Crippen LogP contribution in [-0.2, 0) is 29.2 Å². The van der Waals surface area contributed by atoms with Crippen LogP contribution in [0.1, 0.15) is 79.6 Å². The molecule has 29 heavy (non-hydrogen) atoms. The van der Waals surface area contributed by atoms with Crippen molar-refractivity contribution in [3.8, 4) is 0 Å². The topological polar surface area (TPSA) is 110 Å². The zero-order valence-electron chi connectivity index (χ0n) is 17.7. The maximum Gasteiger partial charge on any atom is 0.367 e. The first-order chi connectivity index (χ1) is 13.0. The Bertz CT molecular complexity index is 712. The second-order valence-electron chi connectivity index (χ2n) is 8.78. The summed E-state index contributed by atoms with van der Waals surface area (Å²) in [5.74, 6) is -1.59. The summed E-state index contributed by atoms with van der Waals surface area (Å²) in [4.78, 5) is 25.3. The molecule has 0 amide bonds. The number of esters is 2. The molecule has 0 aromatic carbocycles. The van der Waals surface area contributed by atoms with Gasteiger partial charge in [-0.2, -0.15) is 8.78 Å². The maximum absolute atomic E-state index is 13.3. The van der Waals surface area contributed by atoms with Crippen LogP contribution < -0.4 is 0 Å². The average Bonchev–Trinajstić information content (AvgIpc) is 3.07. The predicted molar refractivity (Wildman–Crippen MR) is 100.0 cm³/mol. The molecule has 0 aliphatic heterocycles. The molecular formula is C19H31F2O7S-. The summed E-state index contributed by atoms with van der Waals surface area (Å²) < 4.78 is 68.6. The smallest absolute Gasteiger partial charge is 0.367 e. The highest BCUT2D eigenvalue weighted by Crippen LogP contribution is 2.42. The van der Waals surface area contributed by atoms with E-state index in [1.165, 1.54) is 6.92 Å². The number of hydrogen-bond donors (Lipinski definition) is 0. The van der Waals surface area contributed by atoms with Gasteiger partial charge in [0, 0.05) is 0 Å². The summed E-state index contributed by atoms with van der Waals surface area (Å²) in [6.45, 7) is 6.35. The lowest BCUT2D eigenvalue weighted by atomic mass is 9.72. The number of hydrogen-bond acceptors (Lipinski definition) is 7. The zero-order chi connectivity index (χ0) is 22.7. The Morgan fingerprint density at radius 3 is 2.00 bits per heavy atom. The molecule has 0 aromatic rings. The lowest BCUT2D eigenvalue weighted by Crippen LogP contribution is -2.43. The summed E-state index contributed by atoms with van der Waals surface area (Å²) in [6, 6.07) is 0. The molecule has 1 fully saturated rings. The molecular weight excluding hydrogens is 410 g/mol. The second kappa shape index (κ2) is 8.83. The van der Waals surface area contributed by atoms with Crippen LogP contribution in [0, 0.1) is 10.8 Å². The first kappa shape index (κ1) is 25.7. The third kappa shape index (κ3) is 6.10. The molecule has 1 rings (SSSR count). The van der Waals surface area contributed by atoms with Crippen LogP contribution in [0.15, 0.2) is 0 Å². The standard InChI is InChI=1S/C19H32F2O7S/c1-6-17(5,15(23)27-13-19(20,21)29(24,25)26)12-16(3,4)14(22)28-18(7-2)10-8-9-11-18/h6-13H2,1-5H3,(H,24,25,26)/p-1. The number of halogens is 2. The molecule has 0 radical (unpaired) electrons. The summed E-state index contributed by atoms with van der Waals surface area (Å²) in [7, 11) is -5.96. The molecule has 10 heteroatoms. The Morgan fingerprint density at radius 2 is 1.59 bits per heavy atom. The van der Waals surface area contributed by atoms with E-state index in [0.29, 0.717) is 6.42 Å². The van der Waals surface area contributed by atoms with Crippen LogP contribution >= 0.6 is 0 Å². The molecule has 7 nitrogen and oxygen atoms in total. The quantitative estimate of drug-likeness (QED) is 0.375. The van der Waals surface area contributed by atoms with Gasteiger partial charge in [-0.25, -0.2) is 8.42 Å². The van der Waals surface area contributed by atoms with Gasteiger partial charge in [0.1, 0.15) is 5.60 Å². The highest BCUT2D eigenvalue weighted by Gasteiger charge is 2.47. The van der Waals surface area contributed by atoms with Gasteiger partial charge >= 0.3 is 17.2 Å². The van der Waals surface area contributed by atoms with Crippen LogP contribution in [0.3, 0.4) is 0 Å². The fourth-order valence-corrected chi connectivity index (χ4v) is 3.87. The van der Waals surface area contributed by atoms with E-state index in [2.05, 4.69) is 4.74 Å². The highest BCUT2D eigenvalue weighted by molar-refractivity contribution is 7.86. The fourth-order valence-electron chi connectivity index (χ4n) is 3.67. The minimum atomic E-state index is -5.96.